The Morgan fingerprint density at radius 3 is 3.14 bits per heavy atom. The molecule has 72 valence electrons. The smallest absolute Gasteiger partial charge is 0.203 e. The minimum atomic E-state index is -0.0260. The third-order valence-electron chi connectivity index (χ3n) is 1.93. The number of rotatable bonds is 3. The van der Waals surface area contributed by atoms with Gasteiger partial charge >= 0.3 is 0 Å². The van der Waals surface area contributed by atoms with Crippen molar-refractivity contribution in [2.24, 2.45) is 0 Å². The zero-order valence-electron chi connectivity index (χ0n) is 7.36. The number of hydrogen-bond acceptors (Lipinski definition) is 4. The molecule has 4 nitrogen and oxygen atoms in total. The van der Waals surface area contributed by atoms with E-state index in [0.29, 0.717) is 23.3 Å². The van der Waals surface area contributed by atoms with E-state index in [1.807, 2.05) is 0 Å². The molecule has 2 rings (SSSR count). The van der Waals surface area contributed by atoms with Gasteiger partial charge in [-0.05, 0) is 12.1 Å². The van der Waals surface area contributed by atoms with E-state index in [9.17, 15) is 9.59 Å². The number of fused-ring (bicyclic) bond motifs is 1. The average Bonchev–Trinajstić information content (AvgIpc) is 2.57. The van der Waals surface area contributed by atoms with Crippen molar-refractivity contribution in [3.63, 3.8) is 0 Å². The molecule has 1 heterocycles. The summed E-state index contributed by atoms with van der Waals surface area (Å²) in [5.74, 6) is 1.03. The molecule has 0 atom stereocenters. The predicted molar refractivity (Wildman–Crippen MR) is 47.8 cm³/mol. The minimum Gasteiger partial charge on any atom is -0.486 e. The molecule has 0 amide bonds. The van der Waals surface area contributed by atoms with Gasteiger partial charge in [0.25, 0.3) is 0 Å². The van der Waals surface area contributed by atoms with Gasteiger partial charge in [0.15, 0.2) is 12.9 Å². The van der Waals surface area contributed by atoms with Crippen LogP contribution in [0.3, 0.4) is 0 Å². The molecule has 1 aromatic carbocycles. The Morgan fingerprint density at radius 1 is 1.50 bits per heavy atom. The molecule has 0 saturated carbocycles. The maximum Gasteiger partial charge on any atom is 0.203 e. The topological polar surface area (TPSA) is 52.6 Å². The summed E-state index contributed by atoms with van der Waals surface area (Å²) in [5.41, 5.74) is 0.573. The Balaban J connectivity index is 2.23. The van der Waals surface area contributed by atoms with Crippen LogP contribution in [-0.4, -0.2) is 25.3 Å². The minimum absolute atomic E-state index is 0.00668. The van der Waals surface area contributed by atoms with Crippen molar-refractivity contribution in [3.8, 4) is 11.5 Å². The van der Waals surface area contributed by atoms with Crippen LogP contribution in [0.1, 0.15) is 10.4 Å². The van der Waals surface area contributed by atoms with E-state index in [1.165, 1.54) is 0 Å². The summed E-state index contributed by atoms with van der Waals surface area (Å²) < 4.78 is 10.2. The van der Waals surface area contributed by atoms with E-state index in [0.717, 1.165) is 0 Å². The second-order valence-electron chi connectivity index (χ2n) is 2.85. The zero-order chi connectivity index (χ0) is 9.97. The fraction of sp³-hybridized carbons (Fsp3) is 0.200. The second-order valence-corrected chi connectivity index (χ2v) is 2.85. The van der Waals surface area contributed by atoms with Gasteiger partial charge in [-0.3, -0.25) is 9.59 Å². The Hall–Kier alpha value is -1.84. The summed E-state index contributed by atoms with van der Waals surface area (Å²) in [7, 11) is 0. The van der Waals surface area contributed by atoms with Crippen LogP contribution >= 0.6 is 0 Å². The van der Waals surface area contributed by atoms with Gasteiger partial charge in [-0.15, -0.1) is 0 Å². The number of benzene rings is 1. The number of ketones is 1. The van der Waals surface area contributed by atoms with Crippen LogP contribution in [0.2, 0.25) is 0 Å². The molecule has 0 fully saturated rings. The molecule has 14 heavy (non-hydrogen) atoms. The van der Waals surface area contributed by atoms with Crippen molar-refractivity contribution in [2.45, 2.75) is 0 Å². The van der Waals surface area contributed by atoms with E-state index in [2.05, 4.69) is 0 Å². The Kier molecular flexibility index (Phi) is 2.18. The molecule has 0 spiro atoms. The first-order chi connectivity index (χ1) is 6.81. The number of carbonyl (C=O) groups is 2. The van der Waals surface area contributed by atoms with Crippen LogP contribution in [-0.2, 0) is 4.79 Å². The Bertz CT molecular complexity index is 384. The van der Waals surface area contributed by atoms with Crippen LogP contribution in [0.5, 0.6) is 11.5 Å². The molecule has 1 aromatic rings. The first kappa shape index (κ1) is 8.74. The number of ether oxygens (including phenoxy) is 2. The SMILES string of the molecule is O=CCOc1ccc2c(c1)OCC2=O. The number of hydrogen-bond donors (Lipinski definition) is 0. The lowest BCUT2D eigenvalue weighted by molar-refractivity contribution is -0.109. The second kappa shape index (κ2) is 3.49. The maximum absolute atomic E-state index is 11.2. The maximum atomic E-state index is 11.2. The van der Waals surface area contributed by atoms with Gasteiger partial charge in [0.1, 0.15) is 18.1 Å². The molecule has 0 unspecified atom stereocenters. The lowest BCUT2D eigenvalue weighted by atomic mass is 10.1. The van der Waals surface area contributed by atoms with Crippen molar-refractivity contribution in [1.29, 1.82) is 0 Å². The van der Waals surface area contributed by atoms with Gasteiger partial charge < -0.3 is 9.47 Å². The lowest BCUT2D eigenvalue weighted by Gasteiger charge is -2.03. The van der Waals surface area contributed by atoms with Crippen molar-refractivity contribution in [2.75, 3.05) is 13.2 Å². The third-order valence-corrected chi connectivity index (χ3v) is 1.93. The molecule has 0 aliphatic carbocycles. The fourth-order valence-electron chi connectivity index (χ4n) is 1.29. The van der Waals surface area contributed by atoms with Crippen molar-refractivity contribution < 1.29 is 19.1 Å². The summed E-state index contributed by atoms with van der Waals surface area (Å²) in [6.07, 6.45) is 0.666. The molecular formula is C10H8O4. The van der Waals surface area contributed by atoms with Gasteiger partial charge in [-0.1, -0.05) is 0 Å². The highest BCUT2D eigenvalue weighted by molar-refractivity contribution is 6.02. The zero-order valence-corrected chi connectivity index (χ0v) is 7.36. The van der Waals surface area contributed by atoms with Crippen LogP contribution in [0.15, 0.2) is 18.2 Å². The predicted octanol–water partition coefficient (Wildman–Crippen LogP) is 0.839. The summed E-state index contributed by atoms with van der Waals surface area (Å²) in [6, 6.07) is 4.91. The Morgan fingerprint density at radius 2 is 2.36 bits per heavy atom. The average molecular weight is 192 g/mol. The van der Waals surface area contributed by atoms with E-state index in [4.69, 9.17) is 9.47 Å². The van der Waals surface area contributed by atoms with Crippen LogP contribution in [0.25, 0.3) is 0 Å². The number of aldehydes is 1. The van der Waals surface area contributed by atoms with E-state index in [1.54, 1.807) is 18.2 Å². The first-order valence-corrected chi connectivity index (χ1v) is 4.18. The molecule has 1 aliphatic heterocycles. The molecule has 0 radical (unpaired) electrons. The van der Waals surface area contributed by atoms with E-state index >= 15 is 0 Å². The van der Waals surface area contributed by atoms with Gasteiger partial charge in [0.05, 0.1) is 5.56 Å². The largest absolute Gasteiger partial charge is 0.486 e. The van der Waals surface area contributed by atoms with Crippen LogP contribution in [0.4, 0.5) is 0 Å². The molecule has 4 heteroatoms. The third kappa shape index (κ3) is 1.46. The summed E-state index contributed by atoms with van der Waals surface area (Å²) >= 11 is 0. The normalized spacial score (nSPS) is 13.3. The van der Waals surface area contributed by atoms with Crippen molar-refractivity contribution in [3.05, 3.63) is 23.8 Å². The Labute approximate surface area is 80.4 Å². The summed E-state index contributed by atoms with van der Waals surface area (Å²) in [4.78, 5) is 21.2. The molecular weight excluding hydrogens is 184 g/mol. The number of Topliss-reactive ketones (excluding diaryl/α,β-unsaturated/α-hetero) is 1. The highest BCUT2D eigenvalue weighted by Crippen LogP contribution is 2.29. The summed E-state index contributed by atoms with van der Waals surface area (Å²) in [5, 5.41) is 0. The fourth-order valence-corrected chi connectivity index (χ4v) is 1.29. The van der Waals surface area contributed by atoms with Crippen molar-refractivity contribution >= 4 is 12.1 Å². The molecule has 1 aliphatic rings. The van der Waals surface area contributed by atoms with Crippen molar-refractivity contribution in [1.82, 2.24) is 0 Å². The standard InChI is InChI=1S/C10H8O4/c11-3-4-13-7-1-2-8-9(12)6-14-10(8)5-7/h1-3,5H,4,6H2. The monoisotopic (exact) mass is 192 g/mol. The van der Waals surface area contributed by atoms with Gasteiger partial charge in [-0.25, -0.2) is 0 Å². The summed E-state index contributed by atoms with van der Waals surface area (Å²) in [6.45, 7) is 0.0964. The van der Waals surface area contributed by atoms with Gasteiger partial charge in [0.2, 0.25) is 5.78 Å². The quantitative estimate of drug-likeness (QED) is 0.666. The molecule has 0 saturated heterocycles. The van der Waals surface area contributed by atoms with Gasteiger partial charge in [-0.2, -0.15) is 0 Å². The van der Waals surface area contributed by atoms with E-state index in [-0.39, 0.29) is 19.0 Å². The number of carbonyl (C=O) groups excluding carboxylic acids is 2. The molecule has 0 bridgehead atoms. The van der Waals surface area contributed by atoms with E-state index < -0.39 is 0 Å². The van der Waals surface area contributed by atoms with Crippen LogP contribution < -0.4 is 9.47 Å². The highest BCUT2D eigenvalue weighted by Gasteiger charge is 2.21. The van der Waals surface area contributed by atoms with Crippen LogP contribution in [0, 0.1) is 0 Å². The first-order valence-electron chi connectivity index (χ1n) is 4.18. The lowest BCUT2D eigenvalue weighted by Crippen LogP contribution is -1.98. The molecule has 0 aromatic heterocycles. The van der Waals surface area contributed by atoms with Gasteiger partial charge in [0, 0.05) is 6.07 Å². The highest BCUT2D eigenvalue weighted by atomic mass is 16.5. The molecule has 0 N–H and O–H groups in total.